The zero-order valence-corrected chi connectivity index (χ0v) is 11.7. The maximum absolute atomic E-state index is 5.10. The summed E-state index contributed by atoms with van der Waals surface area (Å²) in [6.07, 6.45) is 2.95. The molecule has 2 N–H and O–H groups in total. The van der Waals surface area contributed by atoms with Gasteiger partial charge in [0.25, 0.3) is 0 Å². The van der Waals surface area contributed by atoms with Crippen molar-refractivity contribution < 1.29 is 0 Å². The van der Waals surface area contributed by atoms with Crippen molar-refractivity contribution in [1.29, 1.82) is 0 Å². The average Bonchev–Trinajstić information content (AvgIpc) is 2.20. The largest absolute Gasteiger partial charge is 0.290 e. The molecule has 0 fully saturated rings. The predicted octanol–water partition coefficient (Wildman–Crippen LogP) is 1.69. The molecule has 0 aromatic rings. The molecule has 1 heterocycles. The second kappa shape index (κ2) is 6.44. The molecule has 0 amide bonds. The fraction of sp³-hybridized carbons (Fsp3) is 0.700. The maximum atomic E-state index is 5.10. The van der Waals surface area contributed by atoms with E-state index < -0.39 is 0 Å². The number of hydrogen-bond acceptors (Lipinski definition) is 5. The lowest BCUT2D eigenvalue weighted by Gasteiger charge is -2.39. The highest BCUT2D eigenvalue weighted by atomic mass is 32.1. The topological polar surface area (TPSA) is 30.5 Å². The molecule has 0 aromatic heterocycles. The molecule has 1 aliphatic heterocycles. The quantitative estimate of drug-likeness (QED) is 0.517. The standard InChI is InChI=1S/C10H20N4S2/c1-4-13-12-9(15)7-10(16)14(13)11-6-5-8(2)3/h7-8,11,16H,4-6H2,1-3H3,(H,12,15). The van der Waals surface area contributed by atoms with Crippen molar-refractivity contribution in [2.24, 2.45) is 5.92 Å². The van der Waals surface area contributed by atoms with Crippen molar-refractivity contribution in [3.05, 3.63) is 11.1 Å². The second-order valence-electron chi connectivity index (χ2n) is 4.10. The van der Waals surface area contributed by atoms with Crippen LogP contribution in [-0.2, 0) is 0 Å². The van der Waals surface area contributed by atoms with Gasteiger partial charge in [0.2, 0.25) is 0 Å². The van der Waals surface area contributed by atoms with Crippen molar-refractivity contribution in [3.8, 4) is 0 Å². The van der Waals surface area contributed by atoms with Gasteiger partial charge in [0, 0.05) is 19.2 Å². The molecule has 0 spiro atoms. The Morgan fingerprint density at radius 3 is 2.81 bits per heavy atom. The van der Waals surface area contributed by atoms with Crippen molar-refractivity contribution in [2.75, 3.05) is 13.1 Å². The maximum Gasteiger partial charge on any atom is 0.117 e. The first-order valence-electron chi connectivity index (χ1n) is 5.57. The van der Waals surface area contributed by atoms with Gasteiger partial charge in [0.05, 0.1) is 0 Å². The molecule has 0 bridgehead atoms. The van der Waals surface area contributed by atoms with Gasteiger partial charge in [-0.25, -0.2) is 10.5 Å². The number of thiocarbonyl (C=S) groups is 1. The Bertz CT molecular complexity index is 278. The summed E-state index contributed by atoms with van der Waals surface area (Å²) in [7, 11) is 0. The van der Waals surface area contributed by atoms with E-state index in [2.05, 4.69) is 44.3 Å². The Labute approximate surface area is 108 Å². The van der Waals surface area contributed by atoms with E-state index in [0.717, 1.165) is 24.5 Å². The Hall–Kier alpha value is -0.300. The summed E-state index contributed by atoms with van der Waals surface area (Å²) in [4.78, 5) is 0.689. The summed E-state index contributed by atoms with van der Waals surface area (Å²) in [6, 6.07) is 0. The summed E-state index contributed by atoms with van der Waals surface area (Å²) in [5.41, 5.74) is 6.40. The van der Waals surface area contributed by atoms with E-state index in [1.165, 1.54) is 0 Å². The van der Waals surface area contributed by atoms with Gasteiger partial charge in [-0.15, -0.1) is 17.7 Å². The van der Waals surface area contributed by atoms with Crippen LogP contribution in [0.2, 0.25) is 0 Å². The number of nitrogens with zero attached hydrogens (tertiary/aromatic N) is 2. The lowest BCUT2D eigenvalue weighted by Crippen LogP contribution is -2.59. The molecule has 1 aliphatic rings. The van der Waals surface area contributed by atoms with Crippen molar-refractivity contribution in [1.82, 2.24) is 21.1 Å². The Balaban J connectivity index is 2.54. The van der Waals surface area contributed by atoms with E-state index in [4.69, 9.17) is 12.2 Å². The monoisotopic (exact) mass is 260 g/mol. The third-order valence-electron chi connectivity index (χ3n) is 2.24. The highest BCUT2D eigenvalue weighted by Gasteiger charge is 2.20. The molecule has 92 valence electrons. The Kier molecular flexibility index (Phi) is 5.54. The molecule has 0 radical (unpaired) electrons. The molecule has 0 saturated carbocycles. The molecule has 4 nitrogen and oxygen atoms in total. The smallest absolute Gasteiger partial charge is 0.117 e. The van der Waals surface area contributed by atoms with Crippen LogP contribution in [0, 0.1) is 5.92 Å². The van der Waals surface area contributed by atoms with Gasteiger partial charge in [-0.1, -0.05) is 26.1 Å². The predicted molar refractivity (Wildman–Crippen MR) is 74.5 cm³/mol. The highest BCUT2D eigenvalue weighted by molar-refractivity contribution is 7.84. The van der Waals surface area contributed by atoms with E-state index >= 15 is 0 Å². The highest BCUT2D eigenvalue weighted by Crippen LogP contribution is 2.13. The van der Waals surface area contributed by atoms with Crippen molar-refractivity contribution in [2.45, 2.75) is 27.2 Å². The number of rotatable bonds is 5. The molecule has 1 rings (SSSR count). The molecule has 0 saturated heterocycles. The van der Waals surface area contributed by atoms with E-state index in [9.17, 15) is 0 Å². The lowest BCUT2D eigenvalue weighted by molar-refractivity contribution is -0.0528. The molecule has 0 aromatic carbocycles. The van der Waals surface area contributed by atoms with Gasteiger partial charge < -0.3 is 0 Å². The number of hydrazine groups is 3. The molecule has 0 aliphatic carbocycles. The number of thiol groups is 1. The van der Waals surface area contributed by atoms with Gasteiger partial charge in [-0.05, 0) is 19.3 Å². The van der Waals surface area contributed by atoms with Crippen LogP contribution in [-0.4, -0.2) is 28.3 Å². The third kappa shape index (κ3) is 3.93. The van der Waals surface area contributed by atoms with Crippen LogP contribution in [0.1, 0.15) is 27.2 Å². The minimum atomic E-state index is 0.689. The molecular weight excluding hydrogens is 240 g/mol. The van der Waals surface area contributed by atoms with Crippen molar-refractivity contribution >= 4 is 29.8 Å². The first-order chi connectivity index (χ1) is 7.54. The summed E-state index contributed by atoms with van der Waals surface area (Å²) >= 11 is 9.51. The van der Waals surface area contributed by atoms with Gasteiger partial charge in [0.15, 0.2) is 0 Å². The minimum absolute atomic E-state index is 0.689. The third-order valence-corrected chi connectivity index (χ3v) is 2.77. The van der Waals surface area contributed by atoms with Gasteiger partial charge in [-0.3, -0.25) is 5.43 Å². The Morgan fingerprint density at radius 2 is 2.25 bits per heavy atom. The van der Waals surface area contributed by atoms with Crippen molar-refractivity contribution in [3.63, 3.8) is 0 Å². The van der Waals surface area contributed by atoms with Crippen LogP contribution in [0.15, 0.2) is 11.1 Å². The van der Waals surface area contributed by atoms with Crippen LogP contribution in [0.5, 0.6) is 0 Å². The van der Waals surface area contributed by atoms with Crippen LogP contribution >= 0.6 is 24.8 Å². The summed E-state index contributed by atoms with van der Waals surface area (Å²) < 4.78 is 0. The fourth-order valence-electron chi connectivity index (χ4n) is 1.36. The van der Waals surface area contributed by atoms with Gasteiger partial charge in [0.1, 0.15) is 10.0 Å². The molecular formula is C10H20N4S2. The first kappa shape index (κ1) is 13.8. The molecule has 0 unspecified atom stereocenters. The van der Waals surface area contributed by atoms with Crippen LogP contribution < -0.4 is 10.9 Å². The number of hydrogen-bond donors (Lipinski definition) is 3. The zero-order valence-electron chi connectivity index (χ0n) is 10.0. The SMILES string of the molecule is CCN1NC(=S)C=C(S)N1NCCC(C)C. The lowest BCUT2D eigenvalue weighted by atomic mass is 10.1. The summed E-state index contributed by atoms with van der Waals surface area (Å²) in [5.74, 6) is 0.689. The summed E-state index contributed by atoms with van der Waals surface area (Å²) in [6.45, 7) is 8.20. The van der Waals surface area contributed by atoms with Crippen LogP contribution in [0.4, 0.5) is 0 Å². The van der Waals surface area contributed by atoms with Gasteiger partial charge >= 0.3 is 0 Å². The zero-order chi connectivity index (χ0) is 12.1. The van der Waals surface area contributed by atoms with Crippen LogP contribution in [0.3, 0.4) is 0 Å². The van der Waals surface area contributed by atoms with E-state index in [1.54, 1.807) is 0 Å². The Morgan fingerprint density at radius 1 is 1.56 bits per heavy atom. The first-order valence-corrected chi connectivity index (χ1v) is 6.42. The van der Waals surface area contributed by atoms with E-state index in [1.807, 2.05) is 16.3 Å². The second-order valence-corrected chi connectivity index (χ2v) is 4.99. The molecule has 16 heavy (non-hydrogen) atoms. The summed E-state index contributed by atoms with van der Waals surface area (Å²) in [5, 5.41) is 4.61. The fourth-order valence-corrected chi connectivity index (χ4v) is 1.97. The molecule has 6 heteroatoms. The molecule has 0 atom stereocenters. The van der Waals surface area contributed by atoms with E-state index in [0.29, 0.717) is 10.9 Å². The number of nitrogens with one attached hydrogen (secondary N) is 2. The van der Waals surface area contributed by atoms with Crippen LogP contribution in [0.25, 0.3) is 0 Å². The average molecular weight is 260 g/mol. The normalized spacial score (nSPS) is 17.7. The van der Waals surface area contributed by atoms with Gasteiger partial charge in [-0.2, -0.15) is 0 Å². The van der Waals surface area contributed by atoms with E-state index in [-0.39, 0.29) is 0 Å². The minimum Gasteiger partial charge on any atom is -0.290 e.